The fourth-order valence-corrected chi connectivity index (χ4v) is 1.36. The van der Waals surface area contributed by atoms with E-state index in [1.807, 2.05) is 30.3 Å². The number of hydrogen-bond acceptors (Lipinski definition) is 3. The van der Waals surface area contributed by atoms with Crippen LogP contribution in [0.1, 0.15) is 5.56 Å². The monoisotopic (exact) mass is 221 g/mol. The second-order valence-electron chi connectivity index (χ2n) is 3.01. The zero-order valence-corrected chi connectivity index (χ0v) is 9.70. The third-order valence-corrected chi connectivity index (χ3v) is 2.89. The second kappa shape index (κ2) is 6.31. The van der Waals surface area contributed by atoms with Crippen molar-refractivity contribution < 1.29 is 31.8 Å². The van der Waals surface area contributed by atoms with Crippen LogP contribution in [0.25, 0.3) is 0 Å². The molecule has 0 heterocycles. The van der Waals surface area contributed by atoms with Crippen molar-refractivity contribution in [2.45, 2.75) is 6.42 Å². The minimum absolute atomic E-state index is 0. The third kappa shape index (κ3) is 5.35. The molecule has 6 heteroatoms. The molecule has 0 aliphatic rings. The van der Waals surface area contributed by atoms with E-state index in [9.17, 15) is 13.0 Å². The molecule has 1 rings (SSSR count). The first-order valence-corrected chi connectivity index (χ1v) is 5.58. The summed E-state index contributed by atoms with van der Waals surface area (Å²) in [7, 11) is -3.01. The van der Waals surface area contributed by atoms with E-state index in [-0.39, 0.29) is 25.4 Å². The van der Waals surface area contributed by atoms with Crippen molar-refractivity contribution >= 4 is 10.3 Å². The fraction of sp³-hybridized carbons (Fsp3) is 0.333. The molecule has 0 atom stereocenters. The van der Waals surface area contributed by atoms with Crippen LogP contribution in [0.15, 0.2) is 30.3 Å². The Balaban J connectivity index is 0.00000196. The zero-order chi connectivity index (χ0) is 10.6. The van der Waals surface area contributed by atoms with Crippen LogP contribution in [-0.4, -0.2) is 30.9 Å². The molecule has 78 valence electrons. The van der Waals surface area contributed by atoms with Gasteiger partial charge in [0.2, 0.25) is 0 Å². The topological polar surface area (TPSA) is 60.4 Å². The summed E-state index contributed by atoms with van der Waals surface area (Å²) < 4.78 is 32.4. The first kappa shape index (κ1) is 14.7. The second-order valence-corrected chi connectivity index (χ2v) is 4.49. The van der Waals surface area contributed by atoms with Gasteiger partial charge in [-0.25, -0.2) is 12.7 Å². The molecule has 0 saturated heterocycles. The maximum atomic E-state index is 10.5. The summed E-state index contributed by atoms with van der Waals surface area (Å²) in [6.07, 6.45) is 0.554. The van der Waals surface area contributed by atoms with Gasteiger partial charge in [-0.2, -0.15) is 0 Å². The van der Waals surface area contributed by atoms with E-state index in [0.717, 1.165) is 9.87 Å². The van der Waals surface area contributed by atoms with Crippen molar-refractivity contribution in [3.05, 3.63) is 35.9 Å². The van der Waals surface area contributed by atoms with Gasteiger partial charge in [0.25, 0.3) is 0 Å². The first-order chi connectivity index (χ1) is 6.50. The van der Waals surface area contributed by atoms with Gasteiger partial charge in [0.15, 0.2) is 10.3 Å². The molecule has 1 aromatic rings. The van der Waals surface area contributed by atoms with Crippen molar-refractivity contribution in [3.8, 4) is 0 Å². The molecule has 0 aliphatic carbocycles. The van der Waals surface area contributed by atoms with Crippen molar-refractivity contribution in [1.29, 1.82) is 0 Å². The molecule has 0 unspecified atom stereocenters. The van der Waals surface area contributed by atoms with Gasteiger partial charge in [-0.3, -0.25) is 0 Å². The van der Waals surface area contributed by atoms with Crippen molar-refractivity contribution in [1.82, 2.24) is 4.31 Å². The summed E-state index contributed by atoms with van der Waals surface area (Å²) in [6.45, 7) is 0.218. The average molecular weight is 221 g/mol. The molecule has 0 fully saturated rings. The van der Waals surface area contributed by atoms with Crippen LogP contribution >= 0.6 is 0 Å². The molecular weight excluding hydrogens is 209 g/mol. The fourth-order valence-electron chi connectivity index (χ4n) is 1.04. The number of nitrogens with zero attached hydrogens (tertiary/aromatic N) is 1. The number of rotatable bonds is 4. The summed E-state index contributed by atoms with van der Waals surface area (Å²) in [6, 6.07) is 9.43. The Morgan fingerprint density at radius 1 is 1.27 bits per heavy atom. The predicted octanol–water partition coefficient (Wildman–Crippen LogP) is -2.37. The van der Waals surface area contributed by atoms with E-state index >= 15 is 0 Å². The van der Waals surface area contributed by atoms with E-state index in [0.29, 0.717) is 6.42 Å². The van der Waals surface area contributed by atoms with Crippen LogP contribution < -0.4 is 18.9 Å². The predicted molar refractivity (Wildman–Crippen MR) is 52.5 cm³/mol. The van der Waals surface area contributed by atoms with Gasteiger partial charge >= 0.3 is 18.9 Å². The Labute approximate surface area is 102 Å². The molecule has 4 nitrogen and oxygen atoms in total. The molecule has 0 N–H and O–H groups in total. The van der Waals surface area contributed by atoms with Gasteiger partial charge in [0.05, 0.1) is 0 Å². The van der Waals surface area contributed by atoms with Crippen molar-refractivity contribution in [2.24, 2.45) is 0 Å². The quantitative estimate of drug-likeness (QED) is 0.421. The van der Waals surface area contributed by atoms with Crippen molar-refractivity contribution in [3.63, 3.8) is 0 Å². The standard InChI is InChI=1S/C9H13NO3S.Li/c1-10(14(11,12)13)8-7-9-5-3-2-4-6-9;/h2-6H,7-8H2,1H3,(H,11,12,13);/q;+1/p-1. The first-order valence-electron chi connectivity index (χ1n) is 4.21. The maximum absolute atomic E-state index is 10.5. The molecule has 0 aliphatic heterocycles. The number of hydrogen-bond donors (Lipinski definition) is 0. The Morgan fingerprint density at radius 2 is 1.80 bits per heavy atom. The summed E-state index contributed by atoms with van der Waals surface area (Å²) in [4.78, 5) is 0. The third-order valence-electron chi connectivity index (χ3n) is 1.94. The van der Waals surface area contributed by atoms with Gasteiger partial charge in [-0.15, -0.1) is 0 Å². The molecule has 0 radical (unpaired) electrons. The number of benzene rings is 1. The van der Waals surface area contributed by atoms with Gasteiger partial charge < -0.3 is 4.55 Å². The van der Waals surface area contributed by atoms with Crippen LogP contribution in [0.4, 0.5) is 0 Å². The van der Waals surface area contributed by atoms with E-state index in [1.54, 1.807) is 0 Å². The van der Waals surface area contributed by atoms with Crippen molar-refractivity contribution in [2.75, 3.05) is 13.6 Å². The summed E-state index contributed by atoms with van der Waals surface area (Å²) >= 11 is 0. The van der Waals surface area contributed by atoms with Crippen LogP contribution in [-0.2, 0) is 16.7 Å². The normalized spacial score (nSPS) is 11.1. The van der Waals surface area contributed by atoms with E-state index in [1.165, 1.54) is 7.05 Å². The SMILES string of the molecule is CN(CCc1ccccc1)S(=O)(=O)[O-].[Li+]. The van der Waals surface area contributed by atoms with Crippen LogP contribution in [0.3, 0.4) is 0 Å². The molecule has 15 heavy (non-hydrogen) atoms. The van der Waals surface area contributed by atoms with E-state index in [2.05, 4.69) is 0 Å². The van der Waals surface area contributed by atoms with Crippen LogP contribution in [0.5, 0.6) is 0 Å². The Hall–Kier alpha value is -0.313. The van der Waals surface area contributed by atoms with Gasteiger partial charge in [0.1, 0.15) is 0 Å². The summed E-state index contributed by atoms with van der Waals surface area (Å²) in [5.74, 6) is 0. The Morgan fingerprint density at radius 3 is 2.27 bits per heavy atom. The molecule has 0 aromatic heterocycles. The summed E-state index contributed by atoms with van der Waals surface area (Å²) in [5.41, 5.74) is 1.02. The Bertz CT molecular complexity index is 380. The smallest absolute Gasteiger partial charge is 0.735 e. The van der Waals surface area contributed by atoms with Gasteiger partial charge in [0, 0.05) is 13.6 Å². The van der Waals surface area contributed by atoms with E-state index < -0.39 is 10.3 Å². The summed E-state index contributed by atoms with van der Waals surface area (Å²) in [5, 5.41) is 0. The largest absolute Gasteiger partial charge is 1.00 e. The van der Waals surface area contributed by atoms with Gasteiger partial charge in [-0.05, 0) is 12.0 Å². The molecule has 0 amide bonds. The number of likely N-dealkylation sites (N-methyl/N-ethyl adjacent to an activating group) is 1. The molecule has 0 spiro atoms. The molecule has 0 saturated carbocycles. The molecule has 1 aromatic carbocycles. The zero-order valence-electron chi connectivity index (χ0n) is 8.88. The van der Waals surface area contributed by atoms with Gasteiger partial charge in [-0.1, -0.05) is 30.3 Å². The maximum Gasteiger partial charge on any atom is 1.00 e. The minimum atomic E-state index is -4.29. The molecule has 0 bridgehead atoms. The minimum Gasteiger partial charge on any atom is -0.735 e. The van der Waals surface area contributed by atoms with Crippen LogP contribution in [0.2, 0.25) is 0 Å². The average Bonchev–Trinajstić information content (AvgIpc) is 2.14. The molecular formula is C9H12LiNO3S. The van der Waals surface area contributed by atoms with Crippen LogP contribution in [0, 0.1) is 0 Å². The Kier molecular flexibility index (Phi) is 6.18. The van der Waals surface area contributed by atoms with E-state index in [4.69, 9.17) is 0 Å².